The standard InChI is InChI=1S/C11H23N3O3S/c1-9(2)14-18(16,17)6-5-13-11(15)8-12-7-10-3-4-10/h9-10,12,14H,3-8H2,1-2H3,(H,13,15). The van der Waals surface area contributed by atoms with Crippen LogP contribution in [0.3, 0.4) is 0 Å². The van der Waals surface area contributed by atoms with Crippen molar-refractivity contribution >= 4 is 15.9 Å². The summed E-state index contributed by atoms with van der Waals surface area (Å²) in [5, 5.41) is 5.64. The molecule has 1 amide bonds. The van der Waals surface area contributed by atoms with Crippen LogP contribution in [-0.2, 0) is 14.8 Å². The molecule has 0 aromatic rings. The lowest BCUT2D eigenvalue weighted by atomic mass is 10.4. The number of rotatable bonds is 9. The summed E-state index contributed by atoms with van der Waals surface area (Å²) in [5.74, 6) is 0.489. The molecule has 0 bridgehead atoms. The highest BCUT2D eigenvalue weighted by atomic mass is 32.2. The summed E-state index contributed by atoms with van der Waals surface area (Å²) in [6, 6.07) is -0.120. The molecule has 0 aromatic carbocycles. The van der Waals surface area contributed by atoms with Crippen LogP contribution in [0, 0.1) is 5.92 Å². The van der Waals surface area contributed by atoms with E-state index in [-0.39, 0.29) is 30.8 Å². The van der Waals surface area contributed by atoms with Crippen molar-refractivity contribution in [2.24, 2.45) is 5.92 Å². The summed E-state index contributed by atoms with van der Waals surface area (Å²) in [5.41, 5.74) is 0. The van der Waals surface area contributed by atoms with E-state index in [0.29, 0.717) is 0 Å². The van der Waals surface area contributed by atoms with Crippen molar-refractivity contribution in [3.05, 3.63) is 0 Å². The summed E-state index contributed by atoms with van der Waals surface area (Å²) >= 11 is 0. The topological polar surface area (TPSA) is 87.3 Å². The van der Waals surface area contributed by atoms with Crippen LogP contribution >= 0.6 is 0 Å². The van der Waals surface area contributed by atoms with Gasteiger partial charge in [0.05, 0.1) is 12.3 Å². The van der Waals surface area contributed by atoms with Gasteiger partial charge in [-0.3, -0.25) is 4.79 Å². The van der Waals surface area contributed by atoms with E-state index in [0.717, 1.165) is 12.5 Å². The minimum absolute atomic E-state index is 0.0838. The Bertz CT molecular complexity index is 364. The van der Waals surface area contributed by atoms with E-state index in [2.05, 4.69) is 15.4 Å². The van der Waals surface area contributed by atoms with Gasteiger partial charge in [-0.25, -0.2) is 13.1 Å². The number of amides is 1. The molecule has 0 aromatic heterocycles. The predicted molar refractivity (Wildman–Crippen MR) is 70.7 cm³/mol. The van der Waals surface area contributed by atoms with Crippen LogP contribution < -0.4 is 15.4 Å². The highest BCUT2D eigenvalue weighted by molar-refractivity contribution is 7.89. The lowest BCUT2D eigenvalue weighted by Crippen LogP contribution is -2.40. The number of carbonyl (C=O) groups is 1. The summed E-state index contributed by atoms with van der Waals surface area (Å²) < 4.78 is 25.4. The lowest BCUT2D eigenvalue weighted by molar-refractivity contribution is -0.120. The van der Waals surface area contributed by atoms with Gasteiger partial charge in [0.15, 0.2) is 0 Å². The van der Waals surface area contributed by atoms with Crippen molar-refractivity contribution in [1.82, 2.24) is 15.4 Å². The van der Waals surface area contributed by atoms with Crippen LogP contribution in [0.25, 0.3) is 0 Å². The minimum atomic E-state index is -3.29. The average molecular weight is 277 g/mol. The number of hydrogen-bond acceptors (Lipinski definition) is 4. The van der Waals surface area contributed by atoms with E-state index in [4.69, 9.17) is 0 Å². The molecule has 1 saturated carbocycles. The second kappa shape index (κ2) is 7.06. The fourth-order valence-corrected chi connectivity index (χ4v) is 2.72. The van der Waals surface area contributed by atoms with Gasteiger partial charge in [-0.15, -0.1) is 0 Å². The molecule has 0 spiro atoms. The summed E-state index contributed by atoms with van der Waals surface area (Å²) in [7, 11) is -3.29. The van der Waals surface area contributed by atoms with Crippen molar-refractivity contribution in [3.63, 3.8) is 0 Å². The predicted octanol–water partition coefficient (Wildman–Crippen LogP) is -0.570. The fraction of sp³-hybridized carbons (Fsp3) is 0.909. The summed E-state index contributed by atoms with van der Waals surface area (Å²) in [6.07, 6.45) is 2.49. The normalized spacial score (nSPS) is 15.9. The van der Waals surface area contributed by atoms with E-state index >= 15 is 0 Å². The Hall–Kier alpha value is -0.660. The lowest BCUT2D eigenvalue weighted by Gasteiger charge is -2.10. The largest absolute Gasteiger partial charge is 0.354 e. The molecule has 6 nitrogen and oxygen atoms in total. The molecular weight excluding hydrogens is 254 g/mol. The maximum Gasteiger partial charge on any atom is 0.233 e. The first-order valence-electron chi connectivity index (χ1n) is 6.36. The number of nitrogens with one attached hydrogen (secondary N) is 3. The summed E-state index contributed by atoms with van der Waals surface area (Å²) in [4.78, 5) is 11.4. The Morgan fingerprint density at radius 3 is 2.56 bits per heavy atom. The Morgan fingerprint density at radius 1 is 1.33 bits per heavy atom. The van der Waals surface area contributed by atoms with E-state index in [1.165, 1.54) is 12.8 Å². The Balaban J connectivity index is 2.06. The molecule has 1 rings (SSSR count). The zero-order valence-corrected chi connectivity index (χ0v) is 11.8. The van der Waals surface area contributed by atoms with E-state index < -0.39 is 10.0 Å². The fourth-order valence-electron chi connectivity index (χ4n) is 1.52. The van der Waals surface area contributed by atoms with Crippen LogP contribution in [0.15, 0.2) is 0 Å². The smallest absolute Gasteiger partial charge is 0.233 e. The Kier molecular flexibility index (Phi) is 6.04. The zero-order valence-electron chi connectivity index (χ0n) is 11.0. The third kappa shape index (κ3) is 7.62. The molecule has 0 atom stereocenters. The molecule has 106 valence electrons. The van der Waals surface area contributed by atoms with Crippen molar-refractivity contribution in [1.29, 1.82) is 0 Å². The molecule has 7 heteroatoms. The number of hydrogen-bond donors (Lipinski definition) is 3. The van der Waals surface area contributed by atoms with Gasteiger partial charge in [-0.1, -0.05) is 0 Å². The Labute approximate surface area is 109 Å². The molecule has 0 aliphatic heterocycles. The van der Waals surface area contributed by atoms with Gasteiger partial charge in [0.25, 0.3) is 0 Å². The van der Waals surface area contributed by atoms with Crippen LogP contribution in [0.4, 0.5) is 0 Å². The van der Waals surface area contributed by atoms with Crippen LogP contribution in [0.5, 0.6) is 0 Å². The van der Waals surface area contributed by atoms with Gasteiger partial charge >= 0.3 is 0 Å². The van der Waals surface area contributed by atoms with Crippen molar-refractivity contribution in [3.8, 4) is 0 Å². The zero-order chi connectivity index (χ0) is 13.6. The van der Waals surface area contributed by atoms with Crippen LogP contribution in [0.2, 0.25) is 0 Å². The maximum absolute atomic E-state index is 11.5. The van der Waals surface area contributed by atoms with Gasteiger partial charge in [-0.2, -0.15) is 0 Å². The minimum Gasteiger partial charge on any atom is -0.354 e. The van der Waals surface area contributed by atoms with Gasteiger partial charge in [0.1, 0.15) is 0 Å². The molecule has 0 heterocycles. The highest BCUT2D eigenvalue weighted by Crippen LogP contribution is 2.27. The molecule has 3 N–H and O–H groups in total. The van der Waals surface area contributed by atoms with Gasteiger partial charge < -0.3 is 10.6 Å². The van der Waals surface area contributed by atoms with Gasteiger partial charge in [0.2, 0.25) is 15.9 Å². The quantitative estimate of drug-likeness (QED) is 0.527. The summed E-state index contributed by atoms with van der Waals surface area (Å²) in [6.45, 7) is 4.80. The molecule has 1 fully saturated rings. The molecule has 0 unspecified atom stereocenters. The number of carbonyl (C=O) groups excluding carboxylic acids is 1. The highest BCUT2D eigenvalue weighted by Gasteiger charge is 2.20. The SMILES string of the molecule is CC(C)NS(=O)(=O)CCNC(=O)CNCC1CC1. The van der Waals surface area contributed by atoms with E-state index in [1.54, 1.807) is 13.8 Å². The third-order valence-corrected chi connectivity index (χ3v) is 4.10. The van der Waals surface area contributed by atoms with E-state index in [1.807, 2.05) is 0 Å². The molecule has 18 heavy (non-hydrogen) atoms. The van der Waals surface area contributed by atoms with Gasteiger partial charge in [0, 0.05) is 12.6 Å². The maximum atomic E-state index is 11.5. The van der Waals surface area contributed by atoms with Crippen LogP contribution in [-0.4, -0.2) is 45.8 Å². The molecule has 0 radical (unpaired) electrons. The first-order chi connectivity index (χ1) is 8.39. The van der Waals surface area contributed by atoms with Crippen LogP contribution in [0.1, 0.15) is 26.7 Å². The Morgan fingerprint density at radius 2 is 2.00 bits per heavy atom. The second-order valence-corrected chi connectivity index (χ2v) is 6.89. The molecule has 1 aliphatic rings. The molecule has 0 saturated heterocycles. The van der Waals surface area contributed by atoms with Gasteiger partial charge in [-0.05, 0) is 39.2 Å². The first-order valence-corrected chi connectivity index (χ1v) is 8.01. The van der Waals surface area contributed by atoms with Crippen molar-refractivity contribution in [2.45, 2.75) is 32.7 Å². The molecule has 1 aliphatic carbocycles. The van der Waals surface area contributed by atoms with E-state index in [9.17, 15) is 13.2 Å². The average Bonchev–Trinajstić information content (AvgIpc) is 2.99. The second-order valence-electron chi connectivity index (χ2n) is 5.02. The third-order valence-electron chi connectivity index (χ3n) is 2.52. The first kappa shape index (κ1) is 15.4. The number of sulfonamides is 1. The monoisotopic (exact) mass is 277 g/mol. The van der Waals surface area contributed by atoms with Crippen molar-refractivity contribution < 1.29 is 13.2 Å². The molecular formula is C11H23N3O3S. The van der Waals surface area contributed by atoms with Crippen molar-refractivity contribution in [2.75, 3.05) is 25.4 Å².